The van der Waals surface area contributed by atoms with Crippen molar-refractivity contribution < 1.29 is 27.7 Å². The molecule has 35 heavy (non-hydrogen) atoms. The van der Waals surface area contributed by atoms with E-state index in [9.17, 15) is 32.9 Å². The monoisotopic (exact) mass is 508 g/mol. The first kappa shape index (κ1) is 25.7. The van der Waals surface area contributed by atoms with Crippen molar-refractivity contribution in [3.63, 3.8) is 0 Å². The predicted octanol–water partition coefficient (Wildman–Crippen LogP) is 3.96. The zero-order chi connectivity index (χ0) is 25.8. The van der Waals surface area contributed by atoms with Crippen molar-refractivity contribution in [1.29, 1.82) is 0 Å². The average molecular weight is 508 g/mol. The molecule has 2 amide bonds. The van der Waals surface area contributed by atoms with Gasteiger partial charge in [-0.05, 0) is 31.2 Å². The Balaban J connectivity index is 1.56. The topological polar surface area (TPSA) is 132 Å². The Bertz CT molecular complexity index is 1280. The highest BCUT2D eigenvalue weighted by Crippen LogP contribution is 2.30. The van der Waals surface area contributed by atoms with Crippen molar-refractivity contribution in [2.24, 2.45) is 7.05 Å². The number of nitro groups is 1. The number of rotatable bonds is 8. The number of carbonyl (C=O) groups excluding carboxylic acids is 2. The van der Waals surface area contributed by atoms with Crippen molar-refractivity contribution in [3.05, 3.63) is 69.5 Å². The van der Waals surface area contributed by atoms with Crippen LogP contribution < -0.4 is 10.6 Å². The van der Waals surface area contributed by atoms with Gasteiger partial charge in [0.15, 0.2) is 5.16 Å². The van der Waals surface area contributed by atoms with Gasteiger partial charge in [-0.2, -0.15) is 13.2 Å². The van der Waals surface area contributed by atoms with Crippen LogP contribution in [0.1, 0.15) is 17.0 Å². The quantitative estimate of drug-likeness (QED) is 0.267. The molecule has 2 N–H and O–H groups in total. The van der Waals surface area contributed by atoms with Crippen LogP contribution in [0, 0.1) is 17.0 Å². The fourth-order valence-corrected chi connectivity index (χ4v) is 3.69. The SMILES string of the molecule is Cc1ccc(NC(=O)CSc2nnc(CC(=O)Nc3cccc(C(F)(F)F)c3)n2C)cc1[N+](=O)[O-]. The number of alkyl halides is 3. The maximum Gasteiger partial charge on any atom is 0.416 e. The van der Waals surface area contributed by atoms with Crippen LogP contribution in [0.4, 0.5) is 30.2 Å². The molecule has 0 unspecified atom stereocenters. The molecule has 3 aromatic rings. The Morgan fingerprint density at radius 1 is 1.09 bits per heavy atom. The molecule has 14 heteroatoms. The van der Waals surface area contributed by atoms with E-state index in [1.165, 1.54) is 28.8 Å². The van der Waals surface area contributed by atoms with E-state index in [0.29, 0.717) is 10.7 Å². The number of benzene rings is 2. The standard InChI is InChI=1S/C21H19F3N6O4S/c1-12-6-7-15(9-16(12)30(33)34)26-19(32)11-35-20-28-27-17(29(20)2)10-18(31)25-14-5-3-4-13(8-14)21(22,23)24/h3-9H,10-11H2,1-2H3,(H,25,31)(H,26,32). The van der Waals surface area contributed by atoms with Crippen LogP contribution in [0.25, 0.3) is 0 Å². The lowest BCUT2D eigenvalue weighted by Crippen LogP contribution is -2.18. The minimum absolute atomic E-state index is 0.00500. The summed E-state index contributed by atoms with van der Waals surface area (Å²) in [5, 5.41) is 24.2. The molecule has 0 aliphatic carbocycles. The van der Waals surface area contributed by atoms with Gasteiger partial charge >= 0.3 is 6.18 Å². The fraction of sp³-hybridized carbons (Fsp3) is 0.238. The van der Waals surface area contributed by atoms with Crippen LogP contribution in [0.15, 0.2) is 47.6 Å². The van der Waals surface area contributed by atoms with E-state index in [1.807, 2.05) is 0 Å². The number of halogens is 3. The summed E-state index contributed by atoms with van der Waals surface area (Å²) in [5.41, 5.74) is -0.263. The van der Waals surface area contributed by atoms with Gasteiger partial charge in [-0.25, -0.2) is 0 Å². The van der Waals surface area contributed by atoms with Gasteiger partial charge in [-0.1, -0.05) is 23.9 Å². The number of nitrogens with zero attached hydrogens (tertiary/aromatic N) is 4. The summed E-state index contributed by atoms with van der Waals surface area (Å²) in [6, 6.07) is 8.60. The molecule has 3 rings (SSSR count). The second kappa shape index (κ2) is 10.5. The molecular formula is C21H19F3N6O4S. The number of thioether (sulfide) groups is 1. The molecule has 0 radical (unpaired) electrons. The summed E-state index contributed by atoms with van der Waals surface area (Å²) in [6.07, 6.45) is -4.78. The van der Waals surface area contributed by atoms with E-state index >= 15 is 0 Å². The molecule has 0 saturated carbocycles. The van der Waals surface area contributed by atoms with Crippen LogP contribution >= 0.6 is 11.8 Å². The Labute approximate surface area is 201 Å². The van der Waals surface area contributed by atoms with Crippen LogP contribution in [0.5, 0.6) is 0 Å². The molecule has 0 aliphatic rings. The van der Waals surface area contributed by atoms with Gasteiger partial charge in [-0.3, -0.25) is 19.7 Å². The highest BCUT2D eigenvalue weighted by Gasteiger charge is 2.30. The average Bonchev–Trinajstić information content (AvgIpc) is 3.12. The van der Waals surface area contributed by atoms with Crippen molar-refractivity contribution in [2.75, 3.05) is 16.4 Å². The van der Waals surface area contributed by atoms with Crippen LogP contribution in [0.3, 0.4) is 0 Å². The summed E-state index contributed by atoms with van der Waals surface area (Å²) < 4.78 is 40.0. The fourth-order valence-electron chi connectivity index (χ4n) is 2.96. The number of carbonyl (C=O) groups is 2. The number of hydrogen-bond acceptors (Lipinski definition) is 7. The molecule has 0 spiro atoms. The van der Waals surface area contributed by atoms with Gasteiger partial charge in [0.1, 0.15) is 5.82 Å². The summed E-state index contributed by atoms with van der Waals surface area (Å²) in [4.78, 5) is 35.0. The third-order valence-electron chi connectivity index (χ3n) is 4.74. The summed E-state index contributed by atoms with van der Waals surface area (Å²) in [6.45, 7) is 1.59. The number of hydrogen-bond donors (Lipinski definition) is 2. The van der Waals surface area contributed by atoms with Crippen LogP contribution in [-0.4, -0.2) is 37.3 Å². The van der Waals surface area contributed by atoms with Gasteiger partial charge < -0.3 is 15.2 Å². The zero-order valence-electron chi connectivity index (χ0n) is 18.4. The lowest BCUT2D eigenvalue weighted by atomic mass is 10.2. The second-order valence-corrected chi connectivity index (χ2v) is 8.30. The largest absolute Gasteiger partial charge is 0.416 e. The Morgan fingerprint density at radius 3 is 2.46 bits per heavy atom. The van der Waals surface area contributed by atoms with Crippen LogP contribution in [0.2, 0.25) is 0 Å². The second-order valence-electron chi connectivity index (χ2n) is 7.36. The molecule has 2 aromatic carbocycles. The number of anilines is 2. The lowest BCUT2D eigenvalue weighted by molar-refractivity contribution is -0.385. The van der Waals surface area contributed by atoms with Gasteiger partial charge in [0.2, 0.25) is 11.8 Å². The summed E-state index contributed by atoms with van der Waals surface area (Å²) in [5.74, 6) is -0.856. The van der Waals surface area contributed by atoms with Crippen molar-refractivity contribution in [3.8, 4) is 0 Å². The molecule has 1 heterocycles. The van der Waals surface area contributed by atoms with E-state index in [2.05, 4.69) is 20.8 Å². The molecule has 0 fully saturated rings. The normalized spacial score (nSPS) is 11.2. The highest BCUT2D eigenvalue weighted by atomic mass is 32.2. The molecule has 1 aromatic heterocycles. The first-order valence-electron chi connectivity index (χ1n) is 9.97. The number of amides is 2. The molecule has 10 nitrogen and oxygen atoms in total. The third kappa shape index (κ3) is 6.79. The summed E-state index contributed by atoms with van der Waals surface area (Å²) >= 11 is 1.03. The smallest absolute Gasteiger partial charge is 0.326 e. The van der Waals surface area contributed by atoms with Gasteiger partial charge in [0.05, 0.1) is 22.7 Å². The zero-order valence-corrected chi connectivity index (χ0v) is 19.2. The predicted molar refractivity (Wildman–Crippen MR) is 122 cm³/mol. The minimum atomic E-state index is -4.53. The molecule has 184 valence electrons. The van der Waals surface area contributed by atoms with E-state index in [1.54, 1.807) is 20.0 Å². The number of nitro benzene ring substituents is 1. The molecule has 0 bridgehead atoms. The molecular weight excluding hydrogens is 489 g/mol. The Kier molecular flexibility index (Phi) is 7.74. The van der Waals surface area contributed by atoms with Crippen LogP contribution in [-0.2, 0) is 29.2 Å². The maximum absolute atomic E-state index is 12.8. The first-order chi connectivity index (χ1) is 16.4. The highest BCUT2D eigenvalue weighted by molar-refractivity contribution is 7.99. The maximum atomic E-state index is 12.8. The van der Waals surface area contributed by atoms with Gasteiger partial charge in [-0.15, -0.1) is 10.2 Å². The molecule has 0 saturated heterocycles. The molecule has 0 aliphatic heterocycles. The van der Waals surface area contributed by atoms with Crippen molar-refractivity contribution in [1.82, 2.24) is 14.8 Å². The number of aryl methyl sites for hydroxylation is 1. The molecule has 0 atom stereocenters. The van der Waals surface area contributed by atoms with Crippen molar-refractivity contribution in [2.45, 2.75) is 24.7 Å². The lowest BCUT2D eigenvalue weighted by Gasteiger charge is -2.10. The number of nitrogens with one attached hydrogen (secondary N) is 2. The van der Waals surface area contributed by atoms with E-state index in [0.717, 1.165) is 23.9 Å². The van der Waals surface area contributed by atoms with Gasteiger partial charge in [0, 0.05) is 30.1 Å². The Morgan fingerprint density at radius 2 is 1.77 bits per heavy atom. The first-order valence-corrected chi connectivity index (χ1v) is 11.0. The van der Waals surface area contributed by atoms with Gasteiger partial charge in [0.25, 0.3) is 5.69 Å². The van der Waals surface area contributed by atoms with E-state index in [-0.39, 0.29) is 35.1 Å². The van der Waals surface area contributed by atoms with Crippen molar-refractivity contribution >= 4 is 40.6 Å². The minimum Gasteiger partial charge on any atom is -0.326 e. The van der Waals surface area contributed by atoms with E-state index < -0.39 is 28.5 Å². The third-order valence-corrected chi connectivity index (χ3v) is 5.76. The number of aromatic nitrogens is 3. The Hall–Kier alpha value is -3.94. The van der Waals surface area contributed by atoms with E-state index in [4.69, 9.17) is 0 Å². The summed E-state index contributed by atoms with van der Waals surface area (Å²) in [7, 11) is 1.58.